The molecular formula is C13H21IN2O2. The third-order valence-corrected chi connectivity index (χ3v) is 2.22. The van der Waals surface area contributed by atoms with Gasteiger partial charge >= 0.3 is 6.09 Å². The van der Waals surface area contributed by atoms with Crippen LogP contribution >= 0.6 is 22.6 Å². The highest BCUT2D eigenvalue weighted by Crippen LogP contribution is 2.23. The van der Waals surface area contributed by atoms with Crippen molar-refractivity contribution in [2.75, 3.05) is 38.0 Å². The lowest BCUT2D eigenvalue weighted by Gasteiger charge is -2.17. The van der Waals surface area contributed by atoms with E-state index in [2.05, 4.69) is 22.6 Å². The van der Waals surface area contributed by atoms with Crippen LogP contribution in [0, 0.1) is 6.92 Å². The fraction of sp³-hybridized carbons (Fsp3) is 0.462. The van der Waals surface area contributed by atoms with Crippen LogP contribution in [0.4, 0.5) is 10.5 Å². The highest BCUT2D eigenvalue weighted by Gasteiger charge is 2.08. The highest BCUT2D eigenvalue weighted by atomic mass is 127. The van der Waals surface area contributed by atoms with Gasteiger partial charge in [-0.15, -0.1) is 0 Å². The lowest BCUT2D eigenvalue weighted by atomic mass is 10.2. The second-order valence-corrected chi connectivity index (χ2v) is 4.11. The van der Waals surface area contributed by atoms with Gasteiger partial charge in [0.05, 0.1) is 0 Å². The van der Waals surface area contributed by atoms with Crippen LogP contribution in [0.2, 0.25) is 0 Å². The summed E-state index contributed by atoms with van der Waals surface area (Å²) in [5.41, 5.74) is 2.19. The maximum absolute atomic E-state index is 11.3. The molecule has 0 spiro atoms. The molecule has 0 aliphatic heterocycles. The third kappa shape index (κ3) is 5.12. The first-order valence-electron chi connectivity index (χ1n) is 5.46. The Bertz CT molecular complexity index is 393. The molecule has 0 unspecified atom stereocenters. The van der Waals surface area contributed by atoms with Gasteiger partial charge in [0.2, 0.25) is 0 Å². The van der Waals surface area contributed by atoms with E-state index < -0.39 is 0 Å². The second kappa shape index (κ2) is 8.18. The van der Waals surface area contributed by atoms with E-state index in [1.165, 1.54) is 4.90 Å². The normalized spacial score (nSPS) is 9.06. The Morgan fingerprint density at radius 1 is 1.17 bits per heavy atom. The molecule has 1 aromatic carbocycles. The van der Waals surface area contributed by atoms with Gasteiger partial charge in [-0.3, -0.25) is 0 Å². The van der Waals surface area contributed by atoms with E-state index in [0.717, 1.165) is 11.3 Å². The van der Waals surface area contributed by atoms with Gasteiger partial charge in [-0.2, -0.15) is 0 Å². The monoisotopic (exact) mass is 364 g/mol. The minimum Gasteiger partial charge on any atom is -0.410 e. The Labute approximate surface area is 123 Å². The van der Waals surface area contributed by atoms with Gasteiger partial charge in [-0.05, 0) is 35.6 Å². The van der Waals surface area contributed by atoms with Gasteiger partial charge in [0.25, 0.3) is 0 Å². The highest BCUT2D eigenvalue weighted by molar-refractivity contribution is 14.1. The Hall–Kier alpha value is -0.980. The van der Waals surface area contributed by atoms with Gasteiger partial charge in [0.1, 0.15) is 5.75 Å². The lowest BCUT2D eigenvalue weighted by Crippen LogP contribution is -2.25. The molecule has 1 amide bonds. The molecule has 0 saturated carbocycles. The number of anilines is 1. The molecule has 18 heavy (non-hydrogen) atoms. The number of benzene rings is 1. The molecule has 0 heterocycles. The van der Waals surface area contributed by atoms with Crippen molar-refractivity contribution in [3.8, 4) is 5.75 Å². The van der Waals surface area contributed by atoms with Crippen LogP contribution in [0.1, 0.15) is 5.56 Å². The standard InChI is InChI=1S/C12H18N2O2.CH3I/c1-9-8-10(16-12(15)14(4)5)6-7-11(9)13(2)3;1-2/h6-8H,1-5H3;1H3. The number of hydrogen-bond donors (Lipinski definition) is 0. The smallest absolute Gasteiger partial charge is 0.410 e. The SMILES string of the molecule is CI.Cc1cc(OC(=O)N(C)C)ccc1N(C)C. The van der Waals surface area contributed by atoms with Crippen molar-refractivity contribution >= 4 is 34.4 Å². The number of amides is 1. The Morgan fingerprint density at radius 3 is 2.11 bits per heavy atom. The Morgan fingerprint density at radius 2 is 1.72 bits per heavy atom. The summed E-state index contributed by atoms with van der Waals surface area (Å²) in [5.74, 6) is 0.571. The zero-order valence-corrected chi connectivity index (χ0v) is 14.0. The third-order valence-electron chi connectivity index (χ3n) is 2.22. The molecule has 0 N–H and O–H groups in total. The largest absolute Gasteiger partial charge is 0.414 e. The molecule has 0 saturated heterocycles. The summed E-state index contributed by atoms with van der Waals surface area (Å²) in [7, 11) is 7.27. The van der Waals surface area contributed by atoms with Crippen molar-refractivity contribution in [1.29, 1.82) is 0 Å². The average Bonchev–Trinajstić information content (AvgIpc) is 2.31. The first-order chi connectivity index (χ1) is 8.41. The minimum absolute atomic E-state index is 0.364. The number of rotatable bonds is 2. The van der Waals surface area contributed by atoms with Gasteiger partial charge in [0, 0.05) is 33.9 Å². The molecule has 0 fully saturated rings. The average molecular weight is 364 g/mol. The predicted octanol–water partition coefficient (Wildman–Crippen LogP) is 3.17. The molecule has 4 nitrogen and oxygen atoms in total. The number of nitrogens with zero attached hydrogens (tertiary/aromatic N) is 2. The maximum Gasteiger partial charge on any atom is 0.414 e. The Kier molecular flexibility index (Phi) is 7.73. The summed E-state index contributed by atoms with van der Waals surface area (Å²) in [6.07, 6.45) is -0.364. The molecule has 1 aromatic rings. The van der Waals surface area contributed by atoms with Crippen LogP contribution in [0.25, 0.3) is 0 Å². The van der Waals surface area contributed by atoms with Crippen LogP contribution in [0.5, 0.6) is 5.75 Å². The van der Waals surface area contributed by atoms with Crippen LogP contribution < -0.4 is 9.64 Å². The van der Waals surface area contributed by atoms with Gasteiger partial charge in [-0.25, -0.2) is 4.79 Å². The molecule has 0 bridgehead atoms. The molecule has 5 heteroatoms. The lowest BCUT2D eigenvalue weighted by molar-refractivity contribution is 0.172. The van der Waals surface area contributed by atoms with E-state index in [0.29, 0.717) is 5.75 Å². The summed E-state index contributed by atoms with van der Waals surface area (Å²) in [6, 6.07) is 5.59. The topological polar surface area (TPSA) is 32.8 Å². The fourth-order valence-electron chi connectivity index (χ4n) is 1.39. The van der Waals surface area contributed by atoms with E-state index >= 15 is 0 Å². The van der Waals surface area contributed by atoms with E-state index in [1.807, 2.05) is 43.0 Å². The molecule has 102 valence electrons. The van der Waals surface area contributed by atoms with E-state index in [4.69, 9.17) is 4.74 Å². The van der Waals surface area contributed by atoms with Crippen molar-refractivity contribution in [3.63, 3.8) is 0 Å². The summed E-state index contributed by atoms with van der Waals surface area (Å²) >= 11 is 2.15. The minimum atomic E-state index is -0.364. The number of halogens is 1. The maximum atomic E-state index is 11.3. The van der Waals surface area contributed by atoms with Gasteiger partial charge in [-0.1, -0.05) is 22.6 Å². The predicted molar refractivity (Wildman–Crippen MR) is 85.2 cm³/mol. The van der Waals surface area contributed by atoms with Crippen molar-refractivity contribution in [2.24, 2.45) is 0 Å². The van der Waals surface area contributed by atoms with Crippen molar-refractivity contribution in [2.45, 2.75) is 6.92 Å². The van der Waals surface area contributed by atoms with Crippen molar-refractivity contribution in [3.05, 3.63) is 23.8 Å². The fourth-order valence-corrected chi connectivity index (χ4v) is 1.39. The number of carbonyl (C=O) groups is 1. The van der Waals surface area contributed by atoms with Crippen molar-refractivity contribution < 1.29 is 9.53 Å². The molecule has 1 rings (SSSR count). The quantitative estimate of drug-likeness (QED) is 0.597. The van der Waals surface area contributed by atoms with Crippen LogP contribution in [0.3, 0.4) is 0 Å². The van der Waals surface area contributed by atoms with E-state index in [9.17, 15) is 4.79 Å². The molecule has 0 aliphatic carbocycles. The van der Waals surface area contributed by atoms with Gasteiger partial charge < -0.3 is 14.5 Å². The summed E-state index contributed by atoms with van der Waals surface area (Å²) < 4.78 is 5.16. The number of ether oxygens (including phenoxy) is 1. The zero-order valence-electron chi connectivity index (χ0n) is 11.8. The molecule has 0 atom stereocenters. The van der Waals surface area contributed by atoms with E-state index in [1.54, 1.807) is 20.2 Å². The number of alkyl halides is 1. The summed E-state index contributed by atoms with van der Waals surface area (Å²) in [6.45, 7) is 1.99. The number of hydrogen-bond acceptors (Lipinski definition) is 3. The van der Waals surface area contributed by atoms with Crippen LogP contribution in [-0.2, 0) is 0 Å². The van der Waals surface area contributed by atoms with E-state index in [-0.39, 0.29) is 6.09 Å². The number of aryl methyl sites for hydroxylation is 1. The molecule has 0 aliphatic rings. The van der Waals surface area contributed by atoms with Crippen LogP contribution in [-0.4, -0.2) is 44.1 Å². The summed E-state index contributed by atoms with van der Waals surface area (Å²) in [4.78, 5) is 16.7. The molecule has 0 aromatic heterocycles. The first-order valence-corrected chi connectivity index (χ1v) is 7.62. The van der Waals surface area contributed by atoms with Crippen LogP contribution in [0.15, 0.2) is 18.2 Å². The molecule has 0 radical (unpaired) electrons. The first kappa shape index (κ1) is 17.0. The number of carbonyl (C=O) groups excluding carboxylic acids is 1. The summed E-state index contributed by atoms with van der Waals surface area (Å²) in [5, 5.41) is 0. The van der Waals surface area contributed by atoms with Crippen molar-refractivity contribution in [1.82, 2.24) is 4.90 Å². The molecular weight excluding hydrogens is 343 g/mol. The Balaban J connectivity index is 0.00000137. The van der Waals surface area contributed by atoms with Gasteiger partial charge in [0.15, 0.2) is 0 Å². The second-order valence-electron chi connectivity index (χ2n) is 4.11. The zero-order chi connectivity index (χ0) is 14.3.